The van der Waals surface area contributed by atoms with Gasteiger partial charge < -0.3 is 15.2 Å². The number of hydrogen-bond donors (Lipinski definition) is 2. The topological polar surface area (TPSA) is 75.6 Å². The second-order valence-corrected chi connectivity index (χ2v) is 3.44. The third-order valence-electron chi connectivity index (χ3n) is 2.19. The van der Waals surface area contributed by atoms with E-state index in [0.29, 0.717) is 6.42 Å². The van der Waals surface area contributed by atoms with Crippen LogP contribution in [-0.4, -0.2) is 35.7 Å². The highest BCUT2D eigenvalue weighted by atomic mass is 16.5. The predicted molar refractivity (Wildman–Crippen MR) is 48.4 cm³/mol. The Hall–Kier alpha value is -1.10. The molecule has 0 aliphatic carbocycles. The fourth-order valence-corrected chi connectivity index (χ4v) is 1.56. The number of hydrogen-bond acceptors (Lipinski definition) is 4. The SMILES string of the molecule is CCOC(=O)C1C(=O)NC(C)CC1O. The van der Waals surface area contributed by atoms with Crippen molar-refractivity contribution in [1.29, 1.82) is 0 Å². The molecule has 3 unspecified atom stereocenters. The molecule has 0 bridgehead atoms. The highest BCUT2D eigenvalue weighted by molar-refractivity contribution is 5.99. The van der Waals surface area contributed by atoms with Crippen LogP contribution in [-0.2, 0) is 14.3 Å². The van der Waals surface area contributed by atoms with Gasteiger partial charge in [-0.15, -0.1) is 0 Å². The van der Waals surface area contributed by atoms with Gasteiger partial charge in [0.2, 0.25) is 5.91 Å². The molecular weight excluding hydrogens is 186 g/mol. The second kappa shape index (κ2) is 4.41. The van der Waals surface area contributed by atoms with Crippen LogP contribution in [0.1, 0.15) is 20.3 Å². The Bertz CT molecular complexity index is 233. The van der Waals surface area contributed by atoms with Crippen LogP contribution in [0.3, 0.4) is 0 Å². The van der Waals surface area contributed by atoms with E-state index in [1.165, 1.54) is 0 Å². The van der Waals surface area contributed by atoms with Crippen molar-refractivity contribution in [3.63, 3.8) is 0 Å². The minimum absolute atomic E-state index is 0.0943. The normalized spacial score (nSPS) is 32.2. The first kappa shape index (κ1) is 11.0. The van der Waals surface area contributed by atoms with Gasteiger partial charge in [0.05, 0.1) is 12.7 Å². The van der Waals surface area contributed by atoms with Crippen molar-refractivity contribution >= 4 is 11.9 Å². The highest BCUT2D eigenvalue weighted by Gasteiger charge is 2.40. The van der Waals surface area contributed by atoms with Crippen LogP contribution in [0.15, 0.2) is 0 Å². The van der Waals surface area contributed by atoms with Gasteiger partial charge in [-0.05, 0) is 20.3 Å². The summed E-state index contributed by atoms with van der Waals surface area (Å²) in [7, 11) is 0. The van der Waals surface area contributed by atoms with Crippen LogP contribution in [0, 0.1) is 5.92 Å². The average Bonchev–Trinajstić information content (AvgIpc) is 2.01. The third kappa shape index (κ3) is 2.23. The number of aliphatic hydroxyl groups excluding tert-OH is 1. The molecule has 0 radical (unpaired) electrons. The van der Waals surface area contributed by atoms with Crippen LogP contribution in [0.25, 0.3) is 0 Å². The van der Waals surface area contributed by atoms with Crippen molar-refractivity contribution in [1.82, 2.24) is 5.32 Å². The molecule has 0 aromatic rings. The van der Waals surface area contributed by atoms with Crippen molar-refractivity contribution in [2.75, 3.05) is 6.61 Å². The largest absolute Gasteiger partial charge is 0.465 e. The zero-order chi connectivity index (χ0) is 10.7. The maximum Gasteiger partial charge on any atom is 0.321 e. The molecule has 3 atom stereocenters. The van der Waals surface area contributed by atoms with E-state index in [-0.39, 0.29) is 12.6 Å². The van der Waals surface area contributed by atoms with Gasteiger partial charge in [-0.1, -0.05) is 0 Å². The van der Waals surface area contributed by atoms with Gasteiger partial charge >= 0.3 is 5.97 Å². The summed E-state index contributed by atoms with van der Waals surface area (Å²) in [6, 6.07) is -0.0943. The standard InChI is InChI=1S/C9H15NO4/c1-3-14-9(13)7-6(11)4-5(2)10-8(7)12/h5-7,11H,3-4H2,1-2H3,(H,10,12). The summed E-state index contributed by atoms with van der Waals surface area (Å²) < 4.78 is 4.70. The van der Waals surface area contributed by atoms with E-state index in [4.69, 9.17) is 4.74 Å². The summed E-state index contributed by atoms with van der Waals surface area (Å²) in [5, 5.41) is 12.1. The van der Waals surface area contributed by atoms with E-state index < -0.39 is 23.9 Å². The number of esters is 1. The molecule has 5 heteroatoms. The van der Waals surface area contributed by atoms with E-state index in [1.54, 1.807) is 13.8 Å². The quantitative estimate of drug-likeness (QED) is 0.463. The van der Waals surface area contributed by atoms with Crippen LogP contribution >= 0.6 is 0 Å². The smallest absolute Gasteiger partial charge is 0.321 e. The van der Waals surface area contributed by atoms with Gasteiger partial charge in [-0.3, -0.25) is 9.59 Å². The zero-order valence-corrected chi connectivity index (χ0v) is 8.32. The number of piperidine rings is 1. The minimum Gasteiger partial charge on any atom is -0.465 e. The van der Waals surface area contributed by atoms with Gasteiger partial charge in [-0.2, -0.15) is 0 Å². The molecule has 1 aliphatic rings. The van der Waals surface area contributed by atoms with Crippen LogP contribution < -0.4 is 5.32 Å². The Balaban J connectivity index is 2.67. The molecule has 1 saturated heterocycles. The lowest BCUT2D eigenvalue weighted by molar-refractivity contribution is -0.159. The monoisotopic (exact) mass is 201 g/mol. The average molecular weight is 201 g/mol. The zero-order valence-electron chi connectivity index (χ0n) is 8.32. The van der Waals surface area contributed by atoms with Gasteiger partial charge in [-0.25, -0.2) is 0 Å². The van der Waals surface area contributed by atoms with Crippen molar-refractivity contribution in [2.45, 2.75) is 32.4 Å². The van der Waals surface area contributed by atoms with Crippen LogP contribution in [0.4, 0.5) is 0 Å². The number of nitrogens with one attached hydrogen (secondary N) is 1. The molecule has 80 valence electrons. The molecule has 0 spiro atoms. The van der Waals surface area contributed by atoms with Gasteiger partial charge in [0, 0.05) is 6.04 Å². The molecule has 5 nitrogen and oxygen atoms in total. The first-order chi connectivity index (χ1) is 6.56. The van der Waals surface area contributed by atoms with E-state index in [0.717, 1.165) is 0 Å². The Kier molecular flexibility index (Phi) is 3.46. The highest BCUT2D eigenvalue weighted by Crippen LogP contribution is 2.17. The summed E-state index contributed by atoms with van der Waals surface area (Å²) >= 11 is 0. The van der Waals surface area contributed by atoms with E-state index in [1.807, 2.05) is 0 Å². The fraction of sp³-hybridized carbons (Fsp3) is 0.778. The summed E-state index contributed by atoms with van der Waals surface area (Å²) in [6.45, 7) is 3.65. The molecule has 1 rings (SSSR count). The van der Waals surface area contributed by atoms with Gasteiger partial charge in [0.15, 0.2) is 5.92 Å². The fourth-order valence-electron chi connectivity index (χ4n) is 1.56. The lowest BCUT2D eigenvalue weighted by Gasteiger charge is -2.29. The number of ether oxygens (including phenoxy) is 1. The minimum atomic E-state index is -1.06. The Morgan fingerprint density at radius 3 is 2.86 bits per heavy atom. The molecule has 1 amide bonds. The molecule has 0 saturated carbocycles. The second-order valence-electron chi connectivity index (χ2n) is 3.44. The third-order valence-corrected chi connectivity index (χ3v) is 2.19. The molecule has 0 aromatic heterocycles. The van der Waals surface area contributed by atoms with E-state index >= 15 is 0 Å². The number of rotatable bonds is 2. The van der Waals surface area contributed by atoms with Gasteiger partial charge in [0.1, 0.15) is 0 Å². The number of carbonyl (C=O) groups is 2. The lowest BCUT2D eigenvalue weighted by Crippen LogP contribution is -2.52. The molecule has 1 fully saturated rings. The maximum absolute atomic E-state index is 11.4. The first-order valence-corrected chi connectivity index (χ1v) is 4.71. The van der Waals surface area contributed by atoms with Crippen molar-refractivity contribution in [3.8, 4) is 0 Å². The Morgan fingerprint density at radius 1 is 1.71 bits per heavy atom. The Labute approximate surface area is 82.4 Å². The van der Waals surface area contributed by atoms with Gasteiger partial charge in [0.25, 0.3) is 0 Å². The van der Waals surface area contributed by atoms with Crippen LogP contribution in [0.5, 0.6) is 0 Å². The van der Waals surface area contributed by atoms with E-state index in [9.17, 15) is 14.7 Å². The number of amides is 1. The van der Waals surface area contributed by atoms with Crippen molar-refractivity contribution in [2.24, 2.45) is 5.92 Å². The molecule has 0 aromatic carbocycles. The molecule has 2 N–H and O–H groups in total. The first-order valence-electron chi connectivity index (χ1n) is 4.71. The van der Waals surface area contributed by atoms with Crippen molar-refractivity contribution in [3.05, 3.63) is 0 Å². The summed E-state index contributed by atoms with van der Waals surface area (Å²) in [5.41, 5.74) is 0. The van der Waals surface area contributed by atoms with Crippen molar-refractivity contribution < 1.29 is 19.4 Å². The molecule has 14 heavy (non-hydrogen) atoms. The molecule has 1 heterocycles. The summed E-state index contributed by atoms with van der Waals surface area (Å²) in [5.74, 6) is -2.16. The number of aliphatic hydroxyl groups is 1. The van der Waals surface area contributed by atoms with E-state index in [2.05, 4.69) is 5.32 Å². The predicted octanol–water partition coefficient (Wildman–Crippen LogP) is -0.565. The maximum atomic E-state index is 11.4. The number of carbonyl (C=O) groups excluding carboxylic acids is 2. The molecule has 1 aliphatic heterocycles. The lowest BCUT2D eigenvalue weighted by atomic mass is 9.91. The Morgan fingerprint density at radius 2 is 2.36 bits per heavy atom. The molecular formula is C9H15NO4. The summed E-state index contributed by atoms with van der Waals surface area (Å²) in [4.78, 5) is 22.6. The summed E-state index contributed by atoms with van der Waals surface area (Å²) in [6.07, 6.45) is -0.548. The van der Waals surface area contributed by atoms with Crippen LogP contribution in [0.2, 0.25) is 0 Å².